The van der Waals surface area contributed by atoms with E-state index >= 15 is 0 Å². The number of carbonyl (C=O) groups excluding carboxylic acids is 1. The van der Waals surface area contributed by atoms with E-state index in [2.05, 4.69) is 26.5 Å². The molecule has 0 amide bonds. The minimum absolute atomic E-state index is 0.115. The summed E-state index contributed by atoms with van der Waals surface area (Å²) in [5, 5.41) is 26.6. The number of hydrogen-bond donors (Lipinski definition) is 3. The van der Waals surface area contributed by atoms with E-state index < -0.39 is 18.2 Å². The number of carbonyl (C=O) groups is 1. The van der Waals surface area contributed by atoms with Crippen molar-refractivity contribution < 1.29 is 19.2 Å². The molecule has 10 heteroatoms. The summed E-state index contributed by atoms with van der Waals surface area (Å²) in [6.07, 6.45) is 1.20. The molecular weight excluding hydrogens is 448 g/mol. The summed E-state index contributed by atoms with van der Waals surface area (Å²) in [7, 11) is 0. The summed E-state index contributed by atoms with van der Waals surface area (Å²) in [4.78, 5) is 21.6. The van der Waals surface area contributed by atoms with Crippen LogP contribution in [0, 0.1) is 18.3 Å². The van der Waals surface area contributed by atoms with Crippen LogP contribution in [-0.2, 0) is 11.2 Å². The zero-order valence-electron chi connectivity index (χ0n) is 20.1. The van der Waals surface area contributed by atoms with E-state index in [0.717, 1.165) is 28.7 Å². The molecule has 0 saturated carbocycles. The summed E-state index contributed by atoms with van der Waals surface area (Å²) in [6.45, 7) is 7.79. The van der Waals surface area contributed by atoms with Gasteiger partial charge in [0.2, 0.25) is 11.7 Å². The van der Waals surface area contributed by atoms with Gasteiger partial charge in [0.05, 0.1) is 29.9 Å². The van der Waals surface area contributed by atoms with Crippen LogP contribution in [0.15, 0.2) is 28.9 Å². The van der Waals surface area contributed by atoms with Crippen LogP contribution in [-0.4, -0.2) is 50.8 Å². The number of nitriles is 1. The molecular formula is C25H28N6O4. The van der Waals surface area contributed by atoms with Gasteiger partial charge in [0.1, 0.15) is 11.6 Å². The van der Waals surface area contributed by atoms with Crippen molar-refractivity contribution in [1.82, 2.24) is 20.4 Å². The monoisotopic (exact) mass is 476 g/mol. The highest BCUT2D eigenvalue weighted by atomic mass is 16.5. The SMILES string of the molecule is Cc1c(-c2noc(-c3cnc(OC(C)C)c(C#N)c3)n2)ccc2c1CCNC2C(=O)[C@@H](N)[C@@H](C)O. The first-order valence-electron chi connectivity index (χ1n) is 11.5. The Morgan fingerprint density at radius 1 is 1.37 bits per heavy atom. The maximum absolute atomic E-state index is 12.8. The molecule has 0 bridgehead atoms. The zero-order valence-corrected chi connectivity index (χ0v) is 20.1. The molecule has 1 unspecified atom stereocenters. The largest absolute Gasteiger partial charge is 0.474 e. The second-order valence-corrected chi connectivity index (χ2v) is 8.89. The fourth-order valence-electron chi connectivity index (χ4n) is 4.17. The molecule has 4 N–H and O–H groups in total. The lowest BCUT2D eigenvalue weighted by Crippen LogP contribution is -2.48. The average molecular weight is 477 g/mol. The third-order valence-corrected chi connectivity index (χ3v) is 6.03. The first-order valence-corrected chi connectivity index (χ1v) is 11.5. The van der Waals surface area contributed by atoms with Crippen molar-refractivity contribution >= 4 is 5.78 Å². The molecule has 0 aliphatic carbocycles. The van der Waals surface area contributed by atoms with Gasteiger partial charge in [-0.05, 0) is 56.9 Å². The van der Waals surface area contributed by atoms with Gasteiger partial charge in [-0.2, -0.15) is 10.2 Å². The van der Waals surface area contributed by atoms with Crippen molar-refractivity contribution in [1.29, 1.82) is 5.26 Å². The Hall–Kier alpha value is -3.65. The molecule has 182 valence electrons. The minimum atomic E-state index is -0.970. The number of fused-ring (bicyclic) bond motifs is 1. The van der Waals surface area contributed by atoms with Crippen LogP contribution in [0.1, 0.15) is 49.1 Å². The van der Waals surface area contributed by atoms with Gasteiger partial charge in [-0.1, -0.05) is 17.3 Å². The number of aromatic nitrogens is 3. The molecule has 0 radical (unpaired) electrons. The molecule has 3 heterocycles. The molecule has 2 aromatic heterocycles. The number of ketones is 1. The highest BCUT2D eigenvalue weighted by Gasteiger charge is 2.33. The summed E-state index contributed by atoms with van der Waals surface area (Å²) >= 11 is 0. The Labute approximate surface area is 203 Å². The predicted molar refractivity (Wildman–Crippen MR) is 127 cm³/mol. The molecule has 1 aliphatic rings. The lowest BCUT2D eigenvalue weighted by Gasteiger charge is -2.30. The van der Waals surface area contributed by atoms with Crippen LogP contribution in [0.25, 0.3) is 22.8 Å². The predicted octanol–water partition coefficient (Wildman–Crippen LogP) is 2.23. The van der Waals surface area contributed by atoms with Crippen molar-refractivity contribution in [3.8, 4) is 34.8 Å². The quantitative estimate of drug-likeness (QED) is 0.461. The Bertz CT molecular complexity index is 1290. The first-order chi connectivity index (χ1) is 16.7. The molecule has 4 rings (SSSR count). The topological polar surface area (TPSA) is 160 Å². The Morgan fingerprint density at radius 2 is 2.14 bits per heavy atom. The highest BCUT2D eigenvalue weighted by molar-refractivity contribution is 5.91. The summed E-state index contributed by atoms with van der Waals surface area (Å²) < 4.78 is 11.1. The second-order valence-electron chi connectivity index (χ2n) is 8.89. The molecule has 0 spiro atoms. The van der Waals surface area contributed by atoms with Gasteiger partial charge in [0.15, 0.2) is 5.78 Å². The number of aliphatic hydroxyl groups excluding tert-OH is 1. The Kier molecular flexibility index (Phi) is 6.93. The van der Waals surface area contributed by atoms with Gasteiger partial charge >= 0.3 is 0 Å². The van der Waals surface area contributed by atoms with E-state index in [1.54, 1.807) is 6.07 Å². The summed E-state index contributed by atoms with van der Waals surface area (Å²) in [6, 6.07) is 5.85. The normalized spacial score (nSPS) is 16.9. The van der Waals surface area contributed by atoms with Gasteiger partial charge in [-0.25, -0.2) is 4.98 Å². The van der Waals surface area contributed by atoms with E-state index in [1.807, 2.05) is 32.9 Å². The lowest BCUT2D eigenvalue weighted by atomic mass is 9.84. The van der Waals surface area contributed by atoms with Gasteiger partial charge < -0.3 is 25.4 Å². The number of pyridine rings is 1. The molecule has 3 atom stereocenters. The van der Waals surface area contributed by atoms with Gasteiger partial charge in [-0.15, -0.1) is 0 Å². The highest BCUT2D eigenvalue weighted by Crippen LogP contribution is 2.34. The Balaban J connectivity index is 1.66. The number of rotatable bonds is 7. The molecule has 10 nitrogen and oxygen atoms in total. The maximum Gasteiger partial charge on any atom is 0.259 e. The van der Waals surface area contributed by atoms with E-state index in [1.165, 1.54) is 13.1 Å². The van der Waals surface area contributed by atoms with E-state index in [-0.39, 0.29) is 29.2 Å². The molecule has 3 aromatic rings. The molecule has 0 fully saturated rings. The molecule has 35 heavy (non-hydrogen) atoms. The smallest absolute Gasteiger partial charge is 0.259 e. The van der Waals surface area contributed by atoms with Crippen molar-refractivity contribution in [2.75, 3.05) is 6.54 Å². The van der Waals surface area contributed by atoms with Gasteiger partial charge in [-0.3, -0.25) is 4.79 Å². The van der Waals surface area contributed by atoms with Crippen LogP contribution in [0.3, 0.4) is 0 Å². The number of ether oxygens (including phenoxy) is 1. The van der Waals surface area contributed by atoms with Gasteiger partial charge in [0.25, 0.3) is 5.89 Å². The maximum atomic E-state index is 12.8. The van der Waals surface area contributed by atoms with Crippen LogP contribution >= 0.6 is 0 Å². The third kappa shape index (κ3) is 4.79. The lowest BCUT2D eigenvalue weighted by molar-refractivity contribution is -0.124. The summed E-state index contributed by atoms with van der Waals surface area (Å²) in [5.74, 6) is 0.628. The van der Waals surface area contributed by atoms with E-state index in [0.29, 0.717) is 17.9 Å². The van der Waals surface area contributed by atoms with Crippen LogP contribution in [0.2, 0.25) is 0 Å². The second kappa shape index (κ2) is 9.92. The van der Waals surface area contributed by atoms with Crippen LogP contribution in [0.4, 0.5) is 0 Å². The van der Waals surface area contributed by atoms with E-state index in [4.69, 9.17) is 15.0 Å². The number of nitrogens with zero attached hydrogens (tertiary/aromatic N) is 4. The third-order valence-electron chi connectivity index (χ3n) is 6.03. The number of Topliss-reactive ketones (excluding diaryl/α,β-unsaturated/α-hetero) is 1. The number of benzene rings is 1. The molecule has 1 aliphatic heterocycles. The summed E-state index contributed by atoms with van der Waals surface area (Å²) in [5.41, 5.74) is 10.3. The number of nitrogens with one attached hydrogen (secondary N) is 1. The molecule has 1 aromatic carbocycles. The number of nitrogens with two attached hydrogens (primary N) is 1. The van der Waals surface area contributed by atoms with Crippen molar-refractivity contribution in [2.24, 2.45) is 5.73 Å². The fourth-order valence-corrected chi connectivity index (χ4v) is 4.17. The number of hydrogen-bond acceptors (Lipinski definition) is 10. The first kappa shape index (κ1) is 24.5. The standard InChI is InChI=1S/C25H28N6O4/c1-12(2)34-24-15(10-26)9-16(11-29-24)25-30-23(31-35-25)18-5-6-19-17(13(18)3)7-8-28-21(19)22(33)20(27)14(4)32/h5-6,9,11-12,14,20-21,28,32H,7-8,27H2,1-4H3/t14-,20+,21?/m1/s1. The van der Waals surface area contributed by atoms with Gasteiger partial charge in [0, 0.05) is 18.3 Å². The van der Waals surface area contributed by atoms with Crippen molar-refractivity contribution in [3.63, 3.8) is 0 Å². The van der Waals surface area contributed by atoms with Crippen LogP contribution in [0.5, 0.6) is 5.88 Å². The van der Waals surface area contributed by atoms with Crippen molar-refractivity contribution in [3.05, 3.63) is 46.6 Å². The van der Waals surface area contributed by atoms with E-state index in [9.17, 15) is 15.2 Å². The number of aliphatic hydroxyl groups is 1. The van der Waals surface area contributed by atoms with Crippen molar-refractivity contribution in [2.45, 2.75) is 58.4 Å². The minimum Gasteiger partial charge on any atom is -0.474 e. The fraction of sp³-hybridized carbons (Fsp3) is 0.400. The molecule has 0 saturated heterocycles. The average Bonchev–Trinajstić information content (AvgIpc) is 3.33. The van der Waals surface area contributed by atoms with Crippen LogP contribution < -0.4 is 15.8 Å². The Morgan fingerprint density at radius 3 is 2.83 bits per heavy atom. The zero-order chi connectivity index (χ0) is 25.3.